The van der Waals surface area contributed by atoms with Gasteiger partial charge < -0.3 is 19.4 Å². The fourth-order valence-corrected chi connectivity index (χ4v) is 4.25. The standard InChI is InChI=1S/C24H29N7O3/c1-24(2,3)34-23(32)29-17-10-7-11-19-20(17)27-14-31(19)16-9-6-8-15(12-16)28-22-26-13-18(25-4)21(30-22)33-5/h7,10-11,13-16H,6,8-9,12H2,1-3,5H3,(H,29,32)(H,26,28,30)/t15-,16+/m1/s1. The Morgan fingerprint density at radius 2 is 2.09 bits per heavy atom. The predicted molar refractivity (Wildman–Crippen MR) is 129 cm³/mol. The molecule has 34 heavy (non-hydrogen) atoms. The number of rotatable bonds is 5. The number of fused-ring (bicyclic) bond motifs is 1. The van der Waals surface area contributed by atoms with Crippen LogP contribution in [0.4, 0.5) is 22.1 Å². The van der Waals surface area contributed by atoms with Crippen LogP contribution in [0.1, 0.15) is 52.5 Å². The number of imidazole rings is 1. The van der Waals surface area contributed by atoms with Crippen LogP contribution in [0.5, 0.6) is 5.88 Å². The Balaban J connectivity index is 1.50. The van der Waals surface area contributed by atoms with Crippen LogP contribution < -0.4 is 15.4 Å². The highest BCUT2D eigenvalue weighted by Crippen LogP contribution is 2.34. The predicted octanol–water partition coefficient (Wildman–Crippen LogP) is 5.33. The molecule has 178 valence electrons. The molecule has 1 saturated carbocycles. The Kier molecular flexibility index (Phi) is 6.54. The lowest BCUT2D eigenvalue weighted by Gasteiger charge is -2.31. The molecule has 0 saturated heterocycles. The molecule has 4 rings (SSSR count). The van der Waals surface area contributed by atoms with Gasteiger partial charge in [0.05, 0.1) is 31.2 Å². The van der Waals surface area contributed by atoms with Gasteiger partial charge in [0.2, 0.25) is 11.8 Å². The molecule has 1 fully saturated rings. The van der Waals surface area contributed by atoms with Gasteiger partial charge >= 0.3 is 6.09 Å². The Morgan fingerprint density at radius 1 is 1.26 bits per heavy atom. The SMILES string of the molecule is [C-]#[N+]c1cnc(N[C@@H]2CCC[C@H](n3cnc4c(NC(=O)OC(C)(C)C)cccc43)C2)nc1OC. The van der Waals surface area contributed by atoms with E-state index in [9.17, 15) is 4.79 Å². The van der Waals surface area contributed by atoms with Crippen molar-refractivity contribution >= 4 is 34.4 Å². The molecule has 0 bridgehead atoms. The van der Waals surface area contributed by atoms with Crippen molar-refractivity contribution in [3.8, 4) is 5.88 Å². The number of hydrogen-bond acceptors (Lipinski definition) is 7. The minimum Gasteiger partial charge on any atom is -0.490 e. The molecule has 2 aromatic heterocycles. The smallest absolute Gasteiger partial charge is 0.412 e. The number of amides is 1. The molecule has 2 atom stereocenters. The Hall–Kier alpha value is -3.87. The van der Waals surface area contributed by atoms with E-state index < -0.39 is 11.7 Å². The van der Waals surface area contributed by atoms with Crippen molar-refractivity contribution in [3.05, 3.63) is 42.1 Å². The molecule has 0 aliphatic heterocycles. The van der Waals surface area contributed by atoms with E-state index in [0.717, 1.165) is 36.7 Å². The summed E-state index contributed by atoms with van der Waals surface area (Å²) in [6, 6.07) is 6.15. The monoisotopic (exact) mass is 463 g/mol. The van der Waals surface area contributed by atoms with Crippen LogP contribution in [0.2, 0.25) is 0 Å². The third kappa shape index (κ3) is 5.20. The maximum atomic E-state index is 12.3. The molecular formula is C24H29N7O3. The van der Waals surface area contributed by atoms with Crippen molar-refractivity contribution in [1.82, 2.24) is 19.5 Å². The van der Waals surface area contributed by atoms with Crippen LogP contribution >= 0.6 is 0 Å². The number of nitrogens with zero attached hydrogens (tertiary/aromatic N) is 5. The number of carbonyl (C=O) groups excluding carboxylic acids is 1. The van der Waals surface area contributed by atoms with Gasteiger partial charge in [-0.15, -0.1) is 0 Å². The summed E-state index contributed by atoms with van der Waals surface area (Å²) >= 11 is 0. The molecule has 10 heteroatoms. The van der Waals surface area contributed by atoms with Crippen LogP contribution in [0.25, 0.3) is 15.9 Å². The number of hydrogen-bond donors (Lipinski definition) is 2. The van der Waals surface area contributed by atoms with Crippen LogP contribution in [0.3, 0.4) is 0 Å². The second-order valence-electron chi connectivity index (χ2n) is 9.31. The molecule has 0 unspecified atom stereocenters. The second-order valence-corrected chi connectivity index (χ2v) is 9.31. The number of anilines is 2. The number of aromatic nitrogens is 4. The van der Waals surface area contributed by atoms with Gasteiger partial charge in [-0.2, -0.15) is 4.98 Å². The van der Waals surface area contributed by atoms with Crippen LogP contribution in [0.15, 0.2) is 30.7 Å². The van der Waals surface area contributed by atoms with Crippen molar-refractivity contribution in [2.75, 3.05) is 17.7 Å². The molecule has 1 aliphatic carbocycles. The summed E-state index contributed by atoms with van der Waals surface area (Å²) in [7, 11) is 1.49. The highest BCUT2D eigenvalue weighted by molar-refractivity contribution is 5.97. The van der Waals surface area contributed by atoms with Crippen LogP contribution in [-0.2, 0) is 4.74 Å². The summed E-state index contributed by atoms with van der Waals surface area (Å²) in [6.07, 6.45) is 6.72. The lowest BCUT2D eigenvalue weighted by Crippen LogP contribution is -2.29. The largest absolute Gasteiger partial charge is 0.490 e. The van der Waals surface area contributed by atoms with Gasteiger partial charge in [-0.05, 0) is 58.6 Å². The van der Waals surface area contributed by atoms with E-state index in [1.54, 1.807) is 0 Å². The van der Waals surface area contributed by atoms with Crippen molar-refractivity contribution in [2.24, 2.45) is 0 Å². The van der Waals surface area contributed by atoms with Crippen molar-refractivity contribution < 1.29 is 14.3 Å². The average Bonchev–Trinajstić information content (AvgIpc) is 3.23. The van der Waals surface area contributed by atoms with E-state index in [4.69, 9.17) is 16.0 Å². The number of methoxy groups -OCH3 is 1. The number of nitrogens with one attached hydrogen (secondary N) is 2. The third-order valence-corrected chi connectivity index (χ3v) is 5.66. The highest BCUT2D eigenvalue weighted by Gasteiger charge is 2.26. The first-order valence-corrected chi connectivity index (χ1v) is 11.3. The first-order valence-electron chi connectivity index (χ1n) is 11.3. The maximum absolute atomic E-state index is 12.3. The molecule has 1 amide bonds. The molecule has 2 N–H and O–H groups in total. The summed E-state index contributed by atoms with van der Waals surface area (Å²) in [5.74, 6) is 0.722. The van der Waals surface area contributed by atoms with Gasteiger partial charge in [-0.3, -0.25) is 5.32 Å². The van der Waals surface area contributed by atoms with Crippen LogP contribution in [-0.4, -0.2) is 44.4 Å². The van der Waals surface area contributed by atoms with Crippen molar-refractivity contribution in [1.29, 1.82) is 0 Å². The zero-order valence-corrected chi connectivity index (χ0v) is 19.8. The number of benzene rings is 1. The van der Waals surface area contributed by atoms with Gasteiger partial charge in [0.1, 0.15) is 11.1 Å². The van der Waals surface area contributed by atoms with Crippen molar-refractivity contribution in [2.45, 2.75) is 64.1 Å². The summed E-state index contributed by atoms with van der Waals surface area (Å²) in [6.45, 7) is 12.7. The van der Waals surface area contributed by atoms with E-state index in [-0.39, 0.29) is 23.7 Å². The van der Waals surface area contributed by atoms with E-state index in [2.05, 4.69) is 35.0 Å². The van der Waals surface area contributed by atoms with E-state index in [0.29, 0.717) is 11.6 Å². The van der Waals surface area contributed by atoms with Gasteiger partial charge in [-0.1, -0.05) is 6.07 Å². The first-order chi connectivity index (χ1) is 16.3. The zero-order chi connectivity index (χ0) is 24.3. The molecule has 0 spiro atoms. The molecule has 3 aromatic rings. The molecule has 10 nitrogen and oxygen atoms in total. The minimum absolute atomic E-state index is 0.169. The number of para-hydroxylation sites is 1. The van der Waals surface area contributed by atoms with Gasteiger partial charge in [0, 0.05) is 18.3 Å². The quantitative estimate of drug-likeness (QED) is 0.493. The van der Waals surface area contributed by atoms with E-state index >= 15 is 0 Å². The summed E-state index contributed by atoms with van der Waals surface area (Å²) < 4.78 is 12.8. The molecule has 1 aliphatic rings. The normalized spacial score (nSPS) is 18.2. The summed E-state index contributed by atoms with van der Waals surface area (Å²) in [5, 5.41) is 6.21. The average molecular weight is 464 g/mol. The zero-order valence-electron chi connectivity index (χ0n) is 19.8. The maximum Gasteiger partial charge on any atom is 0.412 e. The van der Waals surface area contributed by atoms with E-state index in [1.165, 1.54) is 13.3 Å². The lowest BCUT2D eigenvalue weighted by molar-refractivity contribution is 0.0636. The summed E-state index contributed by atoms with van der Waals surface area (Å²) in [5.41, 5.74) is 2.02. The number of ether oxygens (including phenoxy) is 2. The minimum atomic E-state index is -0.578. The fraction of sp³-hybridized carbons (Fsp3) is 0.458. The van der Waals surface area contributed by atoms with Gasteiger partial charge in [0.25, 0.3) is 5.69 Å². The van der Waals surface area contributed by atoms with E-state index in [1.807, 2.05) is 45.3 Å². The van der Waals surface area contributed by atoms with Gasteiger partial charge in [0.15, 0.2) is 0 Å². The van der Waals surface area contributed by atoms with Gasteiger partial charge in [-0.25, -0.2) is 19.6 Å². The Labute approximate surface area is 198 Å². The molecule has 1 aromatic carbocycles. The third-order valence-electron chi connectivity index (χ3n) is 5.66. The topological polar surface area (TPSA) is 108 Å². The Morgan fingerprint density at radius 3 is 2.82 bits per heavy atom. The molecule has 2 heterocycles. The summed E-state index contributed by atoms with van der Waals surface area (Å²) in [4.78, 5) is 28.8. The molecule has 0 radical (unpaired) electrons. The second kappa shape index (κ2) is 9.55. The number of carbonyl (C=O) groups is 1. The first kappa shape index (κ1) is 23.3. The fourth-order valence-electron chi connectivity index (χ4n) is 4.25. The highest BCUT2D eigenvalue weighted by atomic mass is 16.6. The molecular weight excluding hydrogens is 434 g/mol. The Bertz CT molecular complexity index is 1230. The lowest BCUT2D eigenvalue weighted by atomic mass is 9.90. The van der Waals surface area contributed by atoms with Crippen LogP contribution in [0, 0.1) is 6.57 Å². The van der Waals surface area contributed by atoms with Crippen molar-refractivity contribution in [3.63, 3.8) is 0 Å².